The molecule has 0 unspecified atom stereocenters. The van der Waals surface area contributed by atoms with Crippen LogP contribution in [0.4, 0.5) is 11.4 Å². The molecule has 1 aliphatic rings. The predicted octanol–water partition coefficient (Wildman–Crippen LogP) is 1.55. The minimum absolute atomic E-state index is 0.0219. The summed E-state index contributed by atoms with van der Waals surface area (Å²) in [6.45, 7) is 0.226. The predicted molar refractivity (Wildman–Crippen MR) is 77.9 cm³/mol. The highest BCUT2D eigenvalue weighted by atomic mass is 16.6. The molecule has 0 bridgehead atoms. The third-order valence-corrected chi connectivity index (χ3v) is 3.89. The van der Waals surface area contributed by atoms with Crippen LogP contribution in [0.15, 0.2) is 18.2 Å². The summed E-state index contributed by atoms with van der Waals surface area (Å²) in [5, 5.41) is 21.2. The number of likely N-dealkylation sites (N-methyl/N-ethyl adjacent to an activating group) is 1. The van der Waals surface area contributed by atoms with Gasteiger partial charge in [-0.15, -0.1) is 0 Å². The molecule has 1 amide bonds. The molecule has 114 valence electrons. The first kappa shape index (κ1) is 15.2. The Balaban J connectivity index is 2.15. The molecule has 3 N–H and O–H groups in total. The van der Waals surface area contributed by atoms with Gasteiger partial charge in [-0.05, 0) is 25.0 Å². The van der Waals surface area contributed by atoms with Crippen LogP contribution in [0.3, 0.4) is 0 Å². The fourth-order valence-corrected chi connectivity index (χ4v) is 2.76. The van der Waals surface area contributed by atoms with E-state index in [1.807, 2.05) is 0 Å². The number of hydrogen-bond donors (Lipinski definition) is 2. The topological polar surface area (TPSA) is 110 Å². The third kappa shape index (κ3) is 3.30. The lowest BCUT2D eigenvalue weighted by molar-refractivity contribution is -0.383. The van der Waals surface area contributed by atoms with Gasteiger partial charge in [0.25, 0.3) is 11.6 Å². The Morgan fingerprint density at radius 3 is 2.67 bits per heavy atom. The summed E-state index contributed by atoms with van der Waals surface area (Å²) in [6, 6.07) is 3.98. The number of nitrogen functional groups attached to an aromatic ring is 1. The first-order valence-corrected chi connectivity index (χ1v) is 6.84. The van der Waals surface area contributed by atoms with Crippen LogP contribution in [0.5, 0.6) is 0 Å². The number of carbonyl (C=O) groups is 1. The van der Waals surface area contributed by atoms with Crippen molar-refractivity contribution in [2.24, 2.45) is 0 Å². The Morgan fingerprint density at radius 2 is 2.10 bits per heavy atom. The summed E-state index contributed by atoms with van der Waals surface area (Å²) < 4.78 is 0. The molecule has 0 aliphatic heterocycles. The summed E-state index contributed by atoms with van der Waals surface area (Å²) in [7, 11) is 1.58. The molecule has 0 radical (unpaired) electrons. The Morgan fingerprint density at radius 1 is 1.48 bits per heavy atom. The second-order valence-electron chi connectivity index (χ2n) is 5.62. The number of nitrogens with two attached hydrogens (primary N) is 1. The Bertz CT molecular complexity index is 567. The fraction of sp³-hybridized carbons (Fsp3) is 0.500. The van der Waals surface area contributed by atoms with Crippen LogP contribution in [-0.2, 0) is 0 Å². The van der Waals surface area contributed by atoms with E-state index in [1.54, 1.807) is 7.05 Å². The third-order valence-electron chi connectivity index (χ3n) is 3.89. The quantitative estimate of drug-likeness (QED) is 0.497. The molecular weight excluding hydrogens is 274 g/mol. The first-order chi connectivity index (χ1) is 9.82. The number of benzene rings is 1. The molecule has 0 aromatic heterocycles. The highest BCUT2D eigenvalue weighted by molar-refractivity contribution is 5.95. The van der Waals surface area contributed by atoms with Gasteiger partial charge in [0.05, 0.1) is 10.5 Å². The van der Waals surface area contributed by atoms with Gasteiger partial charge >= 0.3 is 0 Å². The maximum Gasteiger partial charge on any atom is 0.292 e. The Labute approximate surface area is 122 Å². The molecule has 1 aromatic carbocycles. The monoisotopic (exact) mass is 293 g/mol. The lowest BCUT2D eigenvalue weighted by Gasteiger charge is -2.28. The van der Waals surface area contributed by atoms with Gasteiger partial charge in [0.15, 0.2) is 0 Å². The van der Waals surface area contributed by atoms with Crippen LogP contribution < -0.4 is 5.73 Å². The zero-order valence-electron chi connectivity index (χ0n) is 11.9. The summed E-state index contributed by atoms with van der Waals surface area (Å²) in [5.41, 5.74) is 4.60. The summed E-state index contributed by atoms with van der Waals surface area (Å²) >= 11 is 0. The number of nitro benzene ring substituents is 1. The van der Waals surface area contributed by atoms with E-state index in [0.717, 1.165) is 12.8 Å². The van der Waals surface area contributed by atoms with Crippen LogP contribution in [0.1, 0.15) is 36.0 Å². The highest BCUT2D eigenvalue weighted by Crippen LogP contribution is 2.30. The number of aliphatic hydroxyl groups is 1. The molecule has 0 saturated heterocycles. The summed E-state index contributed by atoms with van der Waals surface area (Å²) in [5.74, 6) is -0.363. The van der Waals surface area contributed by atoms with Gasteiger partial charge in [0.2, 0.25) is 0 Å². The molecule has 1 aromatic rings. The molecule has 1 fully saturated rings. The van der Waals surface area contributed by atoms with Crippen LogP contribution in [0.25, 0.3) is 0 Å². The number of rotatable bonds is 4. The largest absolute Gasteiger partial charge is 0.393 e. The number of carbonyl (C=O) groups excluding carboxylic acids is 1. The van der Waals surface area contributed by atoms with Crippen LogP contribution in [0.2, 0.25) is 0 Å². The maximum atomic E-state index is 12.3. The summed E-state index contributed by atoms with van der Waals surface area (Å²) in [6.07, 6.45) is 3.25. The number of anilines is 1. The fourth-order valence-electron chi connectivity index (χ4n) is 2.76. The van der Waals surface area contributed by atoms with Crippen molar-refractivity contribution in [3.8, 4) is 0 Å². The van der Waals surface area contributed by atoms with Crippen molar-refractivity contribution in [1.29, 1.82) is 0 Å². The van der Waals surface area contributed by atoms with E-state index in [2.05, 4.69) is 0 Å². The number of amides is 1. The lowest BCUT2D eigenvalue weighted by atomic mass is 10.0. The van der Waals surface area contributed by atoms with Crippen molar-refractivity contribution in [2.45, 2.75) is 31.3 Å². The van der Waals surface area contributed by atoms with Gasteiger partial charge < -0.3 is 15.7 Å². The van der Waals surface area contributed by atoms with Crippen LogP contribution in [0, 0.1) is 10.1 Å². The molecule has 1 saturated carbocycles. The van der Waals surface area contributed by atoms with Crippen LogP contribution in [-0.4, -0.2) is 40.0 Å². The molecule has 7 heteroatoms. The van der Waals surface area contributed by atoms with Crippen molar-refractivity contribution < 1.29 is 14.8 Å². The molecule has 1 aliphatic carbocycles. The van der Waals surface area contributed by atoms with Crippen molar-refractivity contribution in [3.63, 3.8) is 0 Å². The van der Waals surface area contributed by atoms with E-state index in [9.17, 15) is 20.0 Å². The van der Waals surface area contributed by atoms with Crippen LogP contribution >= 0.6 is 0 Å². The number of nitro groups is 1. The molecule has 2 rings (SSSR count). The van der Waals surface area contributed by atoms with E-state index in [-0.39, 0.29) is 29.4 Å². The molecule has 0 spiro atoms. The highest BCUT2D eigenvalue weighted by Gasteiger charge is 2.33. The molecule has 21 heavy (non-hydrogen) atoms. The minimum atomic E-state index is -0.843. The molecule has 0 heterocycles. The first-order valence-electron chi connectivity index (χ1n) is 6.84. The van der Waals surface area contributed by atoms with Crippen molar-refractivity contribution in [3.05, 3.63) is 33.9 Å². The zero-order valence-corrected chi connectivity index (χ0v) is 11.9. The molecular formula is C14H19N3O4. The van der Waals surface area contributed by atoms with E-state index in [4.69, 9.17) is 5.73 Å². The van der Waals surface area contributed by atoms with Crippen molar-refractivity contribution in [1.82, 2.24) is 4.90 Å². The van der Waals surface area contributed by atoms with Gasteiger partial charge in [-0.2, -0.15) is 0 Å². The van der Waals surface area contributed by atoms with Gasteiger partial charge in [-0.25, -0.2) is 0 Å². The molecule has 0 atom stereocenters. The number of hydrogen-bond acceptors (Lipinski definition) is 5. The van der Waals surface area contributed by atoms with Gasteiger partial charge in [0, 0.05) is 25.2 Å². The van der Waals surface area contributed by atoms with Gasteiger partial charge in [0.1, 0.15) is 5.69 Å². The van der Waals surface area contributed by atoms with E-state index in [0.29, 0.717) is 12.8 Å². The van der Waals surface area contributed by atoms with E-state index >= 15 is 0 Å². The SMILES string of the molecule is CN(CC1(O)CCCC1)C(=O)c1ccc(N)c([N+](=O)[O-])c1. The summed E-state index contributed by atoms with van der Waals surface area (Å²) in [4.78, 5) is 24.0. The normalized spacial score (nSPS) is 16.7. The Kier molecular flexibility index (Phi) is 4.13. The standard InChI is InChI=1S/C14H19N3O4/c1-16(9-14(19)6-2-3-7-14)13(18)10-4-5-11(15)12(8-10)17(20)21/h4-5,8,19H,2-3,6-7,9,15H2,1H3. The smallest absolute Gasteiger partial charge is 0.292 e. The lowest BCUT2D eigenvalue weighted by Crippen LogP contribution is -2.42. The number of nitrogens with zero attached hydrogens (tertiary/aromatic N) is 2. The average Bonchev–Trinajstić information content (AvgIpc) is 2.84. The van der Waals surface area contributed by atoms with Crippen molar-refractivity contribution >= 4 is 17.3 Å². The Hall–Kier alpha value is -2.15. The van der Waals surface area contributed by atoms with Gasteiger partial charge in [-0.3, -0.25) is 14.9 Å². The van der Waals surface area contributed by atoms with Crippen molar-refractivity contribution in [2.75, 3.05) is 19.3 Å². The second-order valence-corrected chi connectivity index (χ2v) is 5.62. The molecule has 7 nitrogen and oxygen atoms in total. The van der Waals surface area contributed by atoms with Gasteiger partial charge in [-0.1, -0.05) is 12.8 Å². The van der Waals surface area contributed by atoms with E-state index < -0.39 is 10.5 Å². The zero-order chi connectivity index (χ0) is 15.6. The maximum absolute atomic E-state index is 12.3. The second kappa shape index (κ2) is 5.69. The van der Waals surface area contributed by atoms with E-state index in [1.165, 1.54) is 23.1 Å². The average molecular weight is 293 g/mol. The minimum Gasteiger partial charge on any atom is -0.393 e.